The summed E-state index contributed by atoms with van der Waals surface area (Å²) in [6, 6.07) is 0. The van der Waals surface area contributed by atoms with Gasteiger partial charge in [-0.25, -0.2) is 0 Å². The number of carbonyl (C=O) groups excluding carboxylic acids is 1. The predicted octanol–water partition coefficient (Wildman–Crippen LogP) is 3.36. The van der Waals surface area contributed by atoms with Crippen molar-refractivity contribution in [2.75, 3.05) is 20.1 Å². The monoisotopic (exact) mass is 239 g/mol. The Bertz CT molecular complexity index is 239. The Morgan fingerprint density at radius 3 is 2.71 bits per heavy atom. The molecule has 0 saturated heterocycles. The number of rotatable bonds is 6. The Kier molecular flexibility index (Phi) is 6.18. The van der Waals surface area contributed by atoms with E-state index in [9.17, 15) is 4.79 Å². The standard InChI is InChI=1S/C15H29NO/c1-5-12(3)10-16(4)11-14-9-13(6-2)7-8-15(14)17/h12-14H,5-11H2,1-4H3. The highest BCUT2D eigenvalue weighted by molar-refractivity contribution is 5.81. The van der Waals surface area contributed by atoms with Crippen LogP contribution >= 0.6 is 0 Å². The van der Waals surface area contributed by atoms with Crippen LogP contribution in [0.25, 0.3) is 0 Å². The fourth-order valence-electron chi connectivity index (χ4n) is 2.86. The van der Waals surface area contributed by atoms with E-state index in [0.29, 0.717) is 11.7 Å². The van der Waals surface area contributed by atoms with Gasteiger partial charge in [0.05, 0.1) is 0 Å². The van der Waals surface area contributed by atoms with Crippen molar-refractivity contribution in [1.29, 1.82) is 0 Å². The highest BCUT2D eigenvalue weighted by Gasteiger charge is 2.28. The molecule has 3 unspecified atom stereocenters. The molecular weight excluding hydrogens is 210 g/mol. The average Bonchev–Trinajstić information content (AvgIpc) is 2.31. The van der Waals surface area contributed by atoms with Gasteiger partial charge in [0.15, 0.2) is 0 Å². The normalized spacial score (nSPS) is 27.5. The molecule has 0 radical (unpaired) electrons. The Morgan fingerprint density at radius 1 is 1.41 bits per heavy atom. The van der Waals surface area contributed by atoms with E-state index < -0.39 is 0 Å². The lowest BCUT2D eigenvalue weighted by atomic mass is 9.79. The largest absolute Gasteiger partial charge is 0.305 e. The summed E-state index contributed by atoms with van der Waals surface area (Å²) in [5, 5.41) is 0. The second kappa shape index (κ2) is 7.15. The molecule has 17 heavy (non-hydrogen) atoms. The number of ketones is 1. The van der Waals surface area contributed by atoms with Gasteiger partial charge in [0, 0.05) is 25.4 Å². The lowest BCUT2D eigenvalue weighted by molar-refractivity contribution is -0.126. The Balaban J connectivity index is 2.40. The fourth-order valence-corrected chi connectivity index (χ4v) is 2.86. The second-order valence-electron chi connectivity index (χ2n) is 5.95. The smallest absolute Gasteiger partial charge is 0.137 e. The van der Waals surface area contributed by atoms with Crippen molar-refractivity contribution < 1.29 is 4.79 Å². The summed E-state index contributed by atoms with van der Waals surface area (Å²) in [5.41, 5.74) is 0. The van der Waals surface area contributed by atoms with Crippen molar-refractivity contribution >= 4 is 5.78 Å². The highest BCUT2D eigenvalue weighted by atomic mass is 16.1. The van der Waals surface area contributed by atoms with E-state index in [4.69, 9.17) is 0 Å². The molecule has 2 heteroatoms. The molecule has 0 amide bonds. The molecule has 0 aromatic carbocycles. The maximum atomic E-state index is 11.9. The molecular formula is C15H29NO. The summed E-state index contributed by atoms with van der Waals surface area (Å²) in [7, 11) is 2.16. The summed E-state index contributed by atoms with van der Waals surface area (Å²) in [4.78, 5) is 14.3. The first-order valence-corrected chi connectivity index (χ1v) is 7.28. The van der Waals surface area contributed by atoms with Gasteiger partial charge in [-0.15, -0.1) is 0 Å². The number of hydrogen-bond acceptors (Lipinski definition) is 2. The van der Waals surface area contributed by atoms with Crippen LogP contribution in [0.3, 0.4) is 0 Å². The molecule has 1 fully saturated rings. The van der Waals surface area contributed by atoms with Crippen molar-refractivity contribution in [2.45, 2.75) is 52.9 Å². The molecule has 0 aromatic rings. The van der Waals surface area contributed by atoms with Gasteiger partial charge in [-0.3, -0.25) is 4.79 Å². The summed E-state index contributed by atoms with van der Waals surface area (Å²) in [6.45, 7) is 8.86. The third kappa shape index (κ3) is 4.79. The maximum Gasteiger partial charge on any atom is 0.137 e. The molecule has 1 aliphatic rings. The molecule has 1 aliphatic carbocycles. The van der Waals surface area contributed by atoms with Crippen LogP contribution in [0.15, 0.2) is 0 Å². The molecule has 0 bridgehead atoms. The SMILES string of the molecule is CCC(C)CN(C)CC1CC(CC)CCC1=O. The van der Waals surface area contributed by atoms with E-state index in [1.807, 2.05) is 0 Å². The number of nitrogens with zero attached hydrogens (tertiary/aromatic N) is 1. The highest BCUT2D eigenvalue weighted by Crippen LogP contribution is 2.29. The first-order valence-electron chi connectivity index (χ1n) is 7.28. The van der Waals surface area contributed by atoms with Crippen molar-refractivity contribution in [3.05, 3.63) is 0 Å². The summed E-state index contributed by atoms with van der Waals surface area (Å²) in [6.07, 6.45) is 5.53. The van der Waals surface area contributed by atoms with E-state index in [0.717, 1.165) is 44.2 Å². The van der Waals surface area contributed by atoms with Crippen LogP contribution in [-0.4, -0.2) is 30.8 Å². The zero-order valence-corrected chi connectivity index (χ0v) is 12.0. The van der Waals surface area contributed by atoms with Gasteiger partial charge in [-0.1, -0.05) is 33.6 Å². The minimum Gasteiger partial charge on any atom is -0.305 e. The zero-order chi connectivity index (χ0) is 12.8. The first-order chi connectivity index (χ1) is 8.06. The van der Waals surface area contributed by atoms with E-state index in [1.165, 1.54) is 12.8 Å². The van der Waals surface area contributed by atoms with Crippen LogP contribution in [0, 0.1) is 17.8 Å². The van der Waals surface area contributed by atoms with E-state index >= 15 is 0 Å². The van der Waals surface area contributed by atoms with Crippen LogP contribution in [0.4, 0.5) is 0 Å². The summed E-state index contributed by atoms with van der Waals surface area (Å²) < 4.78 is 0. The molecule has 1 saturated carbocycles. The molecule has 0 N–H and O–H groups in total. The van der Waals surface area contributed by atoms with Gasteiger partial charge in [0.1, 0.15) is 5.78 Å². The topological polar surface area (TPSA) is 20.3 Å². The van der Waals surface area contributed by atoms with Crippen LogP contribution in [0.2, 0.25) is 0 Å². The minimum absolute atomic E-state index is 0.308. The fraction of sp³-hybridized carbons (Fsp3) is 0.933. The molecule has 0 heterocycles. The van der Waals surface area contributed by atoms with Gasteiger partial charge in [-0.05, 0) is 31.7 Å². The lowest BCUT2D eigenvalue weighted by Crippen LogP contribution is -2.36. The summed E-state index contributed by atoms with van der Waals surface area (Å²) in [5.74, 6) is 2.34. The molecule has 2 nitrogen and oxygen atoms in total. The minimum atomic E-state index is 0.308. The Labute approximate surface area is 107 Å². The van der Waals surface area contributed by atoms with E-state index in [1.54, 1.807) is 0 Å². The lowest BCUT2D eigenvalue weighted by Gasteiger charge is -2.31. The predicted molar refractivity (Wildman–Crippen MR) is 73.1 cm³/mol. The number of carbonyl (C=O) groups is 1. The van der Waals surface area contributed by atoms with Gasteiger partial charge in [0.2, 0.25) is 0 Å². The van der Waals surface area contributed by atoms with Crippen molar-refractivity contribution in [2.24, 2.45) is 17.8 Å². The van der Waals surface area contributed by atoms with Gasteiger partial charge < -0.3 is 4.90 Å². The van der Waals surface area contributed by atoms with Gasteiger partial charge >= 0.3 is 0 Å². The van der Waals surface area contributed by atoms with Gasteiger partial charge in [0.25, 0.3) is 0 Å². The molecule has 0 spiro atoms. The Morgan fingerprint density at radius 2 is 2.12 bits per heavy atom. The maximum absolute atomic E-state index is 11.9. The van der Waals surface area contributed by atoms with E-state index in [2.05, 4.69) is 32.7 Å². The second-order valence-corrected chi connectivity index (χ2v) is 5.95. The first kappa shape index (κ1) is 14.7. The quantitative estimate of drug-likeness (QED) is 0.708. The van der Waals surface area contributed by atoms with Crippen molar-refractivity contribution in [3.63, 3.8) is 0 Å². The molecule has 0 aromatic heterocycles. The van der Waals surface area contributed by atoms with Crippen LogP contribution < -0.4 is 0 Å². The molecule has 0 aliphatic heterocycles. The summed E-state index contributed by atoms with van der Waals surface area (Å²) >= 11 is 0. The van der Waals surface area contributed by atoms with Crippen molar-refractivity contribution in [1.82, 2.24) is 4.90 Å². The van der Waals surface area contributed by atoms with Crippen LogP contribution in [0.1, 0.15) is 52.9 Å². The average molecular weight is 239 g/mol. The number of Topliss-reactive ketones (excluding diaryl/α,β-unsaturated/α-hetero) is 1. The van der Waals surface area contributed by atoms with Gasteiger partial charge in [-0.2, -0.15) is 0 Å². The molecule has 3 atom stereocenters. The third-order valence-corrected chi connectivity index (χ3v) is 4.30. The van der Waals surface area contributed by atoms with E-state index in [-0.39, 0.29) is 0 Å². The van der Waals surface area contributed by atoms with Crippen LogP contribution in [-0.2, 0) is 4.79 Å². The Hall–Kier alpha value is -0.370. The molecule has 1 rings (SSSR count). The van der Waals surface area contributed by atoms with Crippen LogP contribution in [0.5, 0.6) is 0 Å². The zero-order valence-electron chi connectivity index (χ0n) is 12.0. The third-order valence-electron chi connectivity index (χ3n) is 4.30. The molecule has 100 valence electrons. The number of hydrogen-bond donors (Lipinski definition) is 0. The van der Waals surface area contributed by atoms with Crippen molar-refractivity contribution in [3.8, 4) is 0 Å².